The third-order valence-electron chi connectivity index (χ3n) is 2.66. The molecule has 19 heavy (non-hydrogen) atoms. The Morgan fingerprint density at radius 2 is 1.89 bits per heavy atom. The van der Waals surface area contributed by atoms with Crippen LogP contribution in [0.5, 0.6) is 11.5 Å². The molecule has 0 aliphatic carbocycles. The summed E-state index contributed by atoms with van der Waals surface area (Å²) in [6.07, 6.45) is -0.910. The first-order valence-electron chi connectivity index (χ1n) is 6.49. The number of benzene rings is 2. The van der Waals surface area contributed by atoms with Crippen LogP contribution in [0, 0.1) is 11.3 Å². The fourth-order valence-corrected chi connectivity index (χ4v) is 1.70. The Hall–Kier alpha value is -2.47. The molecule has 0 heterocycles. The van der Waals surface area contributed by atoms with E-state index in [-0.39, 0.29) is 0 Å². The fraction of sp³-hybridized carbons (Fsp3) is 0.188. The van der Waals surface area contributed by atoms with Gasteiger partial charge in [-0.05, 0) is 23.3 Å². The van der Waals surface area contributed by atoms with Crippen molar-refractivity contribution < 1.29 is 10.8 Å². The molecule has 0 aliphatic heterocycles. The van der Waals surface area contributed by atoms with Crippen LogP contribution < -0.4 is 9.47 Å². The van der Waals surface area contributed by atoms with Gasteiger partial charge in [-0.1, -0.05) is 36.4 Å². The summed E-state index contributed by atoms with van der Waals surface area (Å²) >= 11 is 0. The van der Waals surface area contributed by atoms with Crippen molar-refractivity contribution in [2.45, 2.75) is 13.0 Å². The molecule has 0 radical (unpaired) electrons. The molecule has 0 amide bonds. The first-order valence-corrected chi connectivity index (χ1v) is 5.91. The molecule has 3 nitrogen and oxygen atoms in total. The number of hydrogen-bond acceptors (Lipinski definition) is 3. The number of methoxy groups -OCH3 is 1. The molecule has 96 valence electrons. The minimum absolute atomic E-state index is 0.444. The highest BCUT2D eigenvalue weighted by Crippen LogP contribution is 2.28. The quantitative estimate of drug-likeness (QED) is 0.822. The van der Waals surface area contributed by atoms with E-state index < -0.39 is 6.40 Å². The van der Waals surface area contributed by atoms with Gasteiger partial charge in [0.2, 0.25) is 0 Å². The minimum Gasteiger partial charge on any atom is -0.493 e. The molecule has 2 aromatic carbocycles. The van der Waals surface area contributed by atoms with Crippen molar-refractivity contribution in [1.29, 1.82) is 5.26 Å². The van der Waals surface area contributed by atoms with E-state index in [9.17, 15) is 0 Å². The van der Waals surface area contributed by atoms with Gasteiger partial charge in [0.25, 0.3) is 0 Å². The number of nitrogens with zero attached hydrogens (tertiary/aromatic N) is 1. The van der Waals surface area contributed by atoms with Crippen molar-refractivity contribution in [1.82, 2.24) is 0 Å². The average Bonchev–Trinajstić information content (AvgIpc) is 2.53. The van der Waals surface area contributed by atoms with Gasteiger partial charge in [0, 0.05) is 1.37 Å². The summed E-state index contributed by atoms with van der Waals surface area (Å²) in [5, 5.41) is 8.76. The van der Waals surface area contributed by atoms with Crippen LogP contribution in [0.2, 0.25) is 0 Å². The monoisotopic (exact) mass is 255 g/mol. The second-order valence-electron chi connectivity index (χ2n) is 3.96. The number of hydrogen-bond donors (Lipinski definition) is 0. The second kappa shape index (κ2) is 6.46. The van der Waals surface area contributed by atoms with Gasteiger partial charge < -0.3 is 9.47 Å². The number of rotatable bonds is 5. The van der Waals surface area contributed by atoms with Gasteiger partial charge in [0.05, 0.1) is 19.6 Å². The lowest BCUT2D eigenvalue weighted by Gasteiger charge is -2.11. The highest BCUT2D eigenvalue weighted by atomic mass is 16.5. The van der Waals surface area contributed by atoms with Crippen molar-refractivity contribution in [3.63, 3.8) is 0 Å². The molecule has 0 aliphatic rings. The van der Waals surface area contributed by atoms with Crippen molar-refractivity contribution in [3.8, 4) is 17.6 Å². The molecule has 0 bridgehead atoms. The molecule has 0 aromatic heterocycles. The molecule has 0 spiro atoms. The van der Waals surface area contributed by atoms with Crippen LogP contribution in [-0.4, -0.2) is 7.11 Å². The van der Waals surface area contributed by atoms with E-state index in [1.165, 1.54) is 0 Å². The maximum atomic E-state index is 8.76. The van der Waals surface area contributed by atoms with Crippen molar-refractivity contribution >= 4 is 0 Å². The molecule has 2 aromatic rings. The van der Waals surface area contributed by atoms with Crippen LogP contribution in [0.15, 0.2) is 48.5 Å². The Kier molecular flexibility index (Phi) is 3.95. The number of ether oxygens (including phenoxy) is 2. The molecular weight excluding hydrogens is 238 g/mol. The first kappa shape index (κ1) is 11.6. The van der Waals surface area contributed by atoms with Gasteiger partial charge in [-0.15, -0.1) is 0 Å². The SMILES string of the molecule is [3H][C@H](C#N)c1ccc(OCc2ccccc2)c(OC)c1. The van der Waals surface area contributed by atoms with E-state index >= 15 is 0 Å². The summed E-state index contributed by atoms with van der Waals surface area (Å²) in [6.45, 7) is 0.444. The largest absolute Gasteiger partial charge is 0.493 e. The summed E-state index contributed by atoms with van der Waals surface area (Å²) in [5.74, 6) is 1.14. The Bertz CT molecular complexity index is 608. The topological polar surface area (TPSA) is 42.2 Å². The van der Waals surface area contributed by atoms with Crippen LogP contribution in [0.25, 0.3) is 0 Å². The lowest BCUT2D eigenvalue weighted by Crippen LogP contribution is -1.98. The zero-order valence-electron chi connectivity index (χ0n) is 11.7. The van der Waals surface area contributed by atoms with Crippen LogP contribution in [0.1, 0.15) is 12.5 Å². The Morgan fingerprint density at radius 3 is 2.58 bits per heavy atom. The summed E-state index contributed by atoms with van der Waals surface area (Å²) in [5.41, 5.74) is 1.66. The molecule has 3 heteroatoms. The van der Waals surface area contributed by atoms with Crippen LogP contribution >= 0.6 is 0 Å². The zero-order valence-corrected chi connectivity index (χ0v) is 10.7. The van der Waals surface area contributed by atoms with Gasteiger partial charge in [-0.2, -0.15) is 5.26 Å². The summed E-state index contributed by atoms with van der Waals surface area (Å²) in [7, 11) is 1.54. The zero-order chi connectivity index (χ0) is 14.4. The normalized spacial score (nSPS) is 12.1. The lowest BCUT2D eigenvalue weighted by atomic mass is 10.1. The molecule has 0 unspecified atom stereocenters. The molecule has 2 rings (SSSR count). The molecule has 0 saturated heterocycles. The summed E-state index contributed by atoms with van der Waals surface area (Å²) in [4.78, 5) is 0. The van der Waals surface area contributed by atoms with E-state index in [0.717, 1.165) is 5.56 Å². The van der Waals surface area contributed by atoms with Crippen LogP contribution in [-0.2, 0) is 13.0 Å². The third-order valence-corrected chi connectivity index (χ3v) is 2.66. The standard InChI is InChI=1S/C16H15NO2/c1-18-16-11-13(9-10-17)7-8-15(16)19-12-14-5-3-2-4-6-14/h2-8,11H,9,12H2,1H3/i9T/t9-/m1/s1. The molecule has 0 fully saturated rings. The summed E-state index contributed by atoms with van der Waals surface area (Å²) in [6, 6.07) is 16.8. The van der Waals surface area contributed by atoms with Crippen molar-refractivity contribution in [3.05, 3.63) is 59.7 Å². The maximum absolute atomic E-state index is 8.76. The molecule has 0 N–H and O–H groups in total. The first-order chi connectivity index (χ1) is 9.74. The van der Waals surface area contributed by atoms with Gasteiger partial charge in [0.1, 0.15) is 6.61 Å². The van der Waals surface area contributed by atoms with E-state index in [2.05, 4.69) is 0 Å². The van der Waals surface area contributed by atoms with E-state index in [0.29, 0.717) is 23.7 Å². The van der Waals surface area contributed by atoms with Gasteiger partial charge in [-0.25, -0.2) is 0 Å². The third kappa shape index (κ3) is 3.49. The van der Waals surface area contributed by atoms with E-state index in [4.69, 9.17) is 16.1 Å². The highest BCUT2D eigenvalue weighted by Gasteiger charge is 2.06. The highest BCUT2D eigenvalue weighted by molar-refractivity contribution is 5.43. The van der Waals surface area contributed by atoms with Gasteiger partial charge in [-0.3, -0.25) is 0 Å². The fourth-order valence-electron chi connectivity index (χ4n) is 1.70. The Labute approximate surface area is 114 Å². The predicted octanol–water partition coefficient (Wildman–Crippen LogP) is 3.34. The Morgan fingerprint density at radius 1 is 1.11 bits per heavy atom. The number of nitriles is 1. The average molecular weight is 255 g/mol. The second-order valence-corrected chi connectivity index (χ2v) is 3.96. The van der Waals surface area contributed by atoms with Crippen molar-refractivity contribution in [2.24, 2.45) is 0 Å². The van der Waals surface area contributed by atoms with Crippen LogP contribution in [0.3, 0.4) is 0 Å². The predicted molar refractivity (Wildman–Crippen MR) is 73.1 cm³/mol. The molecular formula is C16H15NO2. The van der Waals surface area contributed by atoms with E-state index in [1.54, 1.807) is 25.3 Å². The summed E-state index contributed by atoms with van der Waals surface area (Å²) < 4.78 is 18.5. The van der Waals surface area contributed by atoms with Gasteiger partial charge >= 0.3 is 0 Å². The molecule has 1 atom stereocenters. The van der Waals surface area contributed by atoms with Crippen molar-refractivity contribution in [2.75, 3.05) is 7.11 Å². The Balaban J connectivity index is 2.14. The smallest absolute Gasteiger partial charge is 0.161 e. The minimum atomic E-state index is -0.910. The maximum Gasteiger partial charge on any atom is 0.161 e. The van der Waals surface area contributed by atoms with E-state index in [1.807, 2.05) is 36.4 Å². The van der Waals surface area contributed by atoms with Crippen LogP contribution in [0.4, 0.5) is 0 Å². The molecule has 0 saturated carbocycles. The van der Waals surface area contributed by atoms with Gasteiger partial charge in [0.15, 0.2) is 11.5 Å². The lowest BCUT2D eigenvalue weighted by molar-refractivity contribution is 0.284.